The van der Waals surface area contributed by atoms with E-state index in [0.717, 1.165) is 12.1 Å². The topological polar surface area (TPSA) is 58.6 Å². The van der Waals surface area contributed by atoms with E-state index in [1.165, 1.54) is 0 Å². The van der Waals surface area contributed by atoms with E-state index in [4.69, 9.17) is 4.74 Å². The Labute approximate surface area is 145 Å². The first-order chi connectivity index (χ1) is 10.9. The van der Waals surface area contributed by atoms with Gasteiger partial charge in [0.25, 0.3) is 5.91 Å². The molecule has 0 radical (unpaired) electrons. The fourth-order valence-electron chi connectivity index (χ4n) is 2.91. The van der Waals surface area contributed by atoms with Crippen molar-refractivity contribution in [2.75, 3.05) is 25.6 Å². The van der Waals surface area contributed by atoms with E-state index in [0.29, 0.717) is 5.56 Å². The molecule has 0 aliphatic heterocycles. The van der Waals surface area contributed by atoms with Crippen LogP contribution in [0, 0.1) is 5.41 Å². The van der Waals surface area contributed by atoms with E-state index in [1.54, 1.807) is 18.2 Å². The quantitative estimate of drug-likeness (QED) is 0.812. The van der Waals surface area contributed by atoms with Crippen LogP contribution in [0.15, 0.2) is 24.3 Å². The molecule has 0 aliphatic rings. The van der Waals surface area contributed by atoms with Gasteiger partial charge in [-0.05, 0) is 43.9 Å². The summed E-state index contributed by atoms with van der Waals surface area (Å²) in [6.45, 7) is 10.0. The summed E-state index contributed by atoms with van der Waals surface area (Å²) in [4.78, 5) is 26.1. The largest absolute Gasteiger partial charge is 0.452 e. The Morgan fingerprint density at radius 2 is 1.75 bits per heavy atom. The van der Waals surface area contributed by atoms with Crippen molar-refractivity contribution in [3.63, 3.8) is 0 Å². The molecule has 0 aromatic heterocycles. The highest BCUT2D eigenvalue weighted by Gasteiger charge is 2.27. The number of hydrogen-bond donors (Lipinski definition) is 1. The summed E-state index contributed by atoms with van der Waals surface area (Å²) in [5.74, 6) is -0.788. The van der Waals surface area contributed by atoms with Gasteiger partial charge < -0.3 is 15.0 Å². The molecule has 0 bridgehead atoms. The molecule has 0 saturated heterocycles. The lowest BCUT2D eigenvalue weighted by atomic mass is 9.82. The molecule has 0 unspecified atom stereocenters. The molecule has 0 atom stereocenters. The van der Waals surface area contributed by atoms with E-state index in [-0.39, 0.29) is 23.5 Å². The highest BCUT2D eigenvalue weighted by atomic mass is 16.5. The molecular formula is C19H30N2O3. The molecule has 1 rings (SSSR count). The summed E-state index contributed by atoms with van der Waals surface area (Å²) in [6.07, 6.45) is 0.824. The fraction of sp³-hybridized carbons (Fsp3) is 0.579. The van der Waals surface area contributed by atoms with E-state index in [1.807, 2.05) is 38.9 Å². The number of nitrogens with zero attached hydrogens (tertiary/aromatic N) is 1. The van der Waals surface area contributed by atoms with Gasteiger partial charge in [0.05, 0.1) is 5.56 Å². The van der Waals surface area contributed by atoms with Crippen LogP contribution >= 0.6 is 0 Å². The molecule has 24 heavy (non-hydrogen) atoms. The first-order valence-corrected chi connectivity index (χ1v) is 8.15. The lowest BCUT2D eigenvalue weighted by Crippen LogP contribution is -2.47. The van der Waals surface area contributed by atoms with Gasteiger partial charge in [0, 0.05) is 25.3 Å². The van der Waals surface area contributed by atoms with Gasteiger partial charge in [-0.2, -0.15) is 0 Å². The third-order valence-corrected chi connectivity index (χ3v) is 3.38. The Balaban J connectivity index is 2.58. The maximum Gasteiger partial charge on any atom is 0.338 e. The van der Waals surface area contributed by atoms with Crippen LogP contribution in [0.5, 0.6) is 0 Å². The number of anilines is 1. The third kappa shape index (κ3) is 7.02. The SMILES string of the molecule is CN(C)c1cccc(C(=O)OCC(=O)NC(C)(C)CC(C)(C)C)c1. The fourth-order valence-corrected chi connectivity index (χ4v) is 2.91. The maximum atomic E-state index is 12.1. The molecule has 5 nitrogen and oxygen atoms in total. The third-order valence-electron chi connectivity index (χ3n) is 3.38. The average molecular weight is 334 g/mol. The number of ether oxygens (including phenoxy) is 1. The highest BCUT2D eigenvalue weighted by molar-refractivity contribution is 5.92. The monoisotopic (exact) mass is 334 g/mol. The lowest BCUT2D eigenvalue weighted by Gasteiger charge is -2.33. The van der Waals surface area contributed by atoms with Crippen LogP contribution < -0.4 is 10.2 Å². The predicted molar refractivity (Wildman–Crippen MR) is 97.3 cm³/mol. The van der Waals surface area contributed by atoms with Crippen LogP contribution in [-0.4, -0.2) is 38.1 Å². The average Bonchev–Trinajstić information content (AvgIpc) is 2.41. The van der Waals surface area contributed by atoms with Crippen molar-refractivity contribution in [1.29, 1.82) is 0 Å². The highest BCUT2D eigenvalue weighted by Crippen LogP contribution is 2.26. The standard InChI is InChI=1S/C19H30N2O3/c1-18(2,3)13-19(4,5)20-16(22)12-24-17(23)14-9-8-10-15(11-14)21(6)7/h8-11H,12-13H2,1-7H3,(H,20,22). The molecule has 0 heterocycles. The number of benzene rings is 1. The number of carbonyl (C=O) groups is 2. The molecule has 0 spiro atoms. The molecule has 1 N–H and O–H groups in total. The summed E-state index contributed by atoms with van der Waals surface area (Å²) >= 11 is 0. The van der Waals surface area contributed by atoms with Crippen LogP contribution in [0.1, 0.15) is 51.4 Å². The Kier molecular flexibility index (Phi) is 6.41. The molecule has 1 amide bonds. The number of amides is 1. The van der Waals surface area contributed by atoms with Crippen molar-refractivity contribution >= 4 is 17.6 Å². The van der Waals surface area contributed by atoms with E-state index >= 15 is 0 Å². The van der Waals surface area contributed by atoms with Crippen LogP contribution in [0.4, 0.5) is 5.69 Å². The molecule has 0 aliphatic carbocycles. The minimum Gasteiger partial charge on any atom is -0.452 e. The Bertz CT molecular complexity index is 587. The Morgan fingerprint density at radius 3 is 2.29 bits per heavy atom. The van der Waals surface area contributed by atoms with Crippen molar-refractivity contribution in [3.8, 4) is 0 Å². The first-order valence-electron chi connectivity index (χ1n) is 8.15. The lowest BCUT2D eigenvalue weighted by molar-refractivity contribution is -0.126. The molecule has 134 valence electrons. The Hall–Kier alpha value is -2.04. The van der Waals surface area contributed by atoms with Crippen LogP contribution in [0.25, 0.3) is 0 Å². The van der Waals surface area contributed by atoms with Gasteiger partial charge >= 0.3 is 5.97 Å². The van der Waals surface area contributed by atoms with Crippen molar-refractivity contribution in [1.82, 2.24) is 5.32 Å². The molecular weight excluding hydrogens is 304 g/mol. The smallest absolute Gasteiger partial charge is 0.338 e. The number of esters is 1. The number of hydrogen-bond acceptors (Lipinski definition) is 4. The molecule has 0 saturated carbocycles. The Morgan fingerprint density at radius 1 is 1.12 bits per heavy atom. The number of rotatable bonds is 6. The molecule has 1 aromatic rings. The van der Waals surface area contributed by atoms with Gasteiger partial charge in [-0.3, -0.25) is 4.79 Å². The maximum absolute atomic E-state index is 12.1. The first kappa shape index (κ1) is 20.0. The zero-order valence-corrected chi connectivity index (χ0v) is 15.9. The molecule has 0 fully saturated rings. The predicted octanol–water partition coefficient (Wildman–Crippen LogP) is 3.24. The van der Waals surface area contributed by atoms with Gasteiger partial charge in [0.1, 0.15) is 0 Å². The van der Waals surface area contributed by atoms with E-state index in [2.05, 4.69) is 26.1 Å². The number of carbonyl (C=O) groups excluding carboxylic acids is 2. The second-order valence-corrected chi connectivity index (χ2v) is 8.19. The summed E-state index contributed by atoms with van der Waals surface area (Å²) in [7, 11) is 3.80. The zero-order valence-electron chi connectivity index (χ0n) is 15.9. The zero-order chi connectivity index (χ0) is 18.5. The molecule has 1 aromatic carbocycles. The van der Waals surface area contributed by atoms with Gasteiger partial charge in [-0.1, -0.05) is 26.8 Å². The van der Waals surface area contributed by atoms with Gasteiger partial charge in [-0.15, -0.1) is 0 Å². The summed E-state index contributed by atoms with van der Waals surface area (Å²) < 4.78 is 5.13. The molecule has 5 heteroatoms. The normalized spacial score (nSPS) is 11.8. The summed E-state index contributed by atoms with van der Waals surface area (Å²) in [5, 5.41) is 2.92. The number of nitrogens with one attached hydrogen (secondary N) is 1. The van der Waals surface area contributed by atoms with Crippen molar-refractivity contribution < 1.29 is 14.3 Å². The van der Waals surface area contributed by atoms with E-state index in [9.17, 15) is 9.59 Å². The van der Waals surface area contributed by atoms with Crippen LogP contribution in [-0.2, 0) is 9.53 Å². The van der Waals surface area contributed by atoms with Crippen molar-refractivity contribution in [3.05, 3.63) is 29.8 Å². The summed E-state index contributed by atoms with van der Waals surface area (Å²) in [5.41, 5.74) is 1.08. The minimum atomic E-state index is -0.498. The van der Waals surface area contributed by atoms with Crippen molar-refractivity contribution in [2.24, 2.45) is 5.41 Å². The van der Waals surface area contributed by atoms with Gasteiger partial charge in [0.15, 0.2) is 6.61 Å². The van der Waals surface area contributed by atoms with Crippen LogP contribution in [0.3, 0.4) is 0 Å². The van der Waals surface area contributed by atoms with E-state index < -0.39 is 5.97 Å². The van der Waals surface area contributed by atoms with Gasteiger partial charge in [-0.25, -0.2) is 4.79 Å². The van der Waals surface area contributed by atoms with Crippen molar-refractivity contribution in [2.45, 2.75) is 46.6 Å². The van der Waals surface area contributed by atoms with Crippen LogP contribution in [0.2, 0.25) is 0 Å². The minimum absolute atomic E-state index is 0.0973. The second-order valence-electron chi connectivity index (χ2n) is 8.19. The summed E-state index contributed by atoms with van der Waals surface area (Å²) in [6, 6.07) is 7.11. The second kappa shape index (κ2) is 7.69. The van der Waals surface area contributed by atoms with Gasteiger partial charge in [0.2, 0.25) is 0 Å².